The van der Waals surface area contributed by atoms with Crippen LogP contribution in [0.2, 0.25) is 0 Å². The van der Waals surface area contributed by atoms with Crippen molar-refractivity contribution in [1.29, 1.82) is 5.26 Å². The van der Waals surface area contributed by atoms with E-state index in [4.69, 9.17) is 9.72 Å². The number of nitriles is 1. The van der Waals surface area contributed by atoms with Crippen molar-refractivity contribution >= 4 is 23.3 Å². The van der Waals surface area contributed by atoms with Crippen molar-refractivity contribution in [3.8, 4) is 22.9 Å². The van der Waals surface area contributed by atoms with Crippen molar-refractivity contribution in [1.82, 2.24) is 19.3 Å². The minimum Gasteiger partial charge on any atom is -0.495 e. The third-order valence-corrected chi connectivity index (χ3v) is 6.65. The maximum Gasteiger partial charge on any atom is 0.137 e. The maximum absolute atomic E-state index is 9.46. The van der Waals surface area contributed by atoms with Gasteiger partial charge in [-0.05, 0) is 44.9 Å². The topological polar surface area (TPSA) is 78.5 Å². The van der Waals surface area contributed by atoms with Gasteiger partial charge in [0, 0.05) is 41.7 Å². The fourth-order valence-corrected chi connectivity index (χ4v) is 4.59. The molecular formula is C22H26N6OS. The lowest BCUT2D eigenvalue weighted by Crippen LogP contribution is -2.36. The number of rotatable bonds is 6. The molecular weight excluding hydrogens is 396 g/mol. The monoisotopic (exact) mass is 422 g/mol. The van der Waals surface area contributed by atoms with Crippen molar-refractivity contribution in [2.45, 2.75) is 38.0 Å². The van der Waals surface area contributed by atoms with Crippen LogP contribution in [-0.4, -0.2) is 46.1 Å². The van der Waals surface area contributed by atoms with E-state index in [2.05, 4.69) is 46.8 Å². The smallest absolute Gasteiger partial charge is 0.137 e. The molecule has 0 amide bonds. The Balaban J connectivity index is 1.54. The van der Waals surface area contributed by atoms with E-state index in [9.17, 15) is 5.26 Å². The van der Waals surface area contributed by atoms with Crippen molar-refractivity contribution < 1.29 is 4.74 Å². The zero-order chi connectivity index (χ0) is 21.1. The normalized spacial score (nSPS) is 15.0. The highest BCUT2D eigenvalue weighted by atomic mass is 32.2. The number of hydrogen-bond donors (Lipinski definition) is 1. The summed E-state index contributed by atoms with van der Waals surface area (Å²) in [5.41, 5.74) is 3.12. The maximum atomic E-state index is 9.46. The lowest BCUT2D eigenvalue weighted by Gasteiger charge is -2.32. The zero-order valence-corrected chi connectivity index (χ0v) is 18.3. The minimum atomic E-state index is 0.502. The lowest BCUT2D eigenvalue weighted by molar-refractivity contribution is 0.412. The van der Waals surface area contributed by atoms with Crippen LogP contribution in [0.5, 0.6) is 5.75 Å². The van der Waals surface area contributed by atoms with Crippen LogP contribution in [0.3, 0.4) is 0 Å². The van der Waals surface area contributed by atoms with Crippen LogP contribution >= 0.6 is 11.9 Å². The predicted octanol–water partition coefficient (Wildman–Crippen LogP) is 3.89. The summed E-state index contributed by atoms with van der Waals surface area (Å²) >= 11 is 1.87. The van der Waals surface area contributed by atoms with E-state index in [1.807, 2.05) is 24.2 Å². The molecule has 3 aromatic heterocycles. The first-order chi connectivity index (χ1) is 14.6. The number of anilines is 1. The molecule has 0 unspecified atom stereocenters. The van der Waals surface area contributed by atoms with E-state index >= 15 is 0 Å². The highest BCUT2D eigenvalue weighted by Crippen LogP contribution is 2.32. The molecule has 1 aliphatic rings. The molecule has 0 aromatic carbocycles. The van der Waals surface area contributed by atoms with Crippen molar-refractivity contribution in [3.63, 3.8) is 0 Å². The molecule has 0 spiro atoms. The van der Waals surface area contributed by atoms with E-state index in [-0.39, 0.29) is 0 Å². The van der Waals surface area contributed by atoms with Gasteiger partial charge in [-0.1, -0.05) is 11.9 Å². The van der Waals surface area contributed by atoms with Gasteiger partial charge < -0.3 is 9.64 Å². The average molecular weight is 423 g/mol. The molecule has 30 heavy (non-hydrogen) atoms. The summed E-state index contributed by atoms with van der Waals surface area (Å²) in [6.07, 6.45) is 7.52. The quantitative estimate of drug-likeness (QED) is 0.604. The highest BCUT2D eigenvalue weighted by Gasteiger charge is 2.21. The van der Waals surface area contributed by atoms with E-state index in [1.54, 1.807) is 24.0 Å². The van der Waals surface area contributed by atoms with Crippen LogP contribution in [0, 0.1) is 11.3 Å². The van der Waals surface area contributed by atoms with E-state index in [0.29, 0.717) is 22.6 Å². The summed E-state index contributed by atoms with van der Waals surface area (Å²) in [6.45, 7) is 6.36. The molecule has 0 saturated carbocycles. The third-order valence-electron chi connectivity index (χ3n) is 5.24. The zero-order valence-electron chi connectivity index (χ0n) is 17.5. The number of nitrogens with one attached hydrogen (secondary N) is 1. The van der Waals surface area contributed by atoms with Crippen LogP contribution in [0.25, 0.3) is 16.6 Å². The molecule has 0 atom stereocenters. The molecule has 156 valence electrons. The molecule has 1 fully saturated rings. The summed E-state index contributed by atoms with van der Waals surface area (Å²) < 4.78 is 10.6. The third kappa shape index (κ3) is 4.23. The number of nitrogens with zero attached hydrogens (tertiary/aromatic N) is 5. The Labute approximate surface area is 181 Å². The number of pyridine rings is 2. The minimum absolute atomic E-state index is 0.502. The van der Waals surface area contributed by atoms with Gasteiger partial charge in [0.15, 0.2) is 0 Å². The molecule has 0 radical (unpaired) electrons. The van der Waals surface area contributed by atoms with Gasteiger partial charge >= 0.3 is 0 Å². The fraction of sp³-hybridized carbons (Fsp3) is 0.409. The number of ether oxygens (including phenoxy) is 1. The number of aromatic nitrogens is 3. The molecule has 8 heteroatoms. The summed E-state index contributed by atoms with van der Waals surface area (Å²) in [7, 11) is 1.62. The Kier molecular flexibility index (Phi) is 6.11. The second-order valence-corrected chi connectivity index (χ2v) is 8.88. The molecule has 7 nitrogen and oxygen atoms in total. The van der Waals surface area contributed by atoms with Gasteiger partial charge in [0.1, 0.15) is 17.6 Å². The van der Waals surface area contributed by atoms with E-state index in [1.165, 1.54) is 0 Å². The molecule has 1 saturated heterocycles. The van der Waals surface area contributed by atoms with Crippen molar-refractivity contribution in [3.05, 3.63) is 42.4 Å². The van der Waals surface area contributed by atoms with Gasteiger partial charge in [0.2, 0.25) is 0 Å². The van der Waals surface area contributed by atoms with Crippen LogP contribution < -0.4 is 14.4 Å². The Hall–Kier alpha value is -2.76. The number of piperidine rings is 1. The number of fused-ring (bicyclic) bond motifs is 1. The lowest BCUT2D eigenvalue weighted by atomic mass is 10.0. The Morgan fingerprint density at radius 2 is 2.07 bits per heavy atom. The summed E-state index contributed by atoms with van der Waals surface area (Å²) in [5.74, 6) is 1.68. The van der Waals surface area contributed by atoms with Crippen LogP contribution in [0.1, 0.15) is 32.3 Å². The van der Waals surface area contributed by atoms with Crippen molar-refractivity contribution in [2.24, 2.45) is 0 Å². The Bertz CT molecular complexity index is 1050. The largest absolute Gasteiger partial charge is 0.495 e. The fourth-order valence-electron chi connectivity index (χ4n) is 3.68. The van der Waals surface area contributed by atoms with Gasteiger partial charge in [0.25, 0.3) is 0 Å². The first-order valence-electron chi connectivity index (χ1n) is 10.2. The van der Waals surface area contributed by atoms with Gasteiger partial charge in [-0.15, -0.1) is 0 Å². The van der Waals surface area contributed by atoms with Gasteiger partial charge in [-0.2, -0.15) is 10.4 Å². The first kappa shape index (κ1) is 20.5. The summed E-state index contributed by atoms with van der Waals surface area (Å²) in [4.78, 5) is 7.07. The van der Waals surface area contributed by atoms with Crippen LogP contribution in [0.15, 0.2) is 36.8 Å². The molecule has 3 aromatic rings. The Morgan fingerprint density at radius 1 is 1.27 bits per heavy atom. The number of methoxy groups -OCH3 is 1. The molecule has 0 aliphatic carbocycles. The van der Waals surface area contributed by atoms with Crippen molar-refractivity contribution in [2.75, 3.05) is 25.1 Å². The molecule has 4 heterocycles. The van der Waals surface area contributed by atoms with Gasteiger partial charge in [-0.3, -0.25) is 4.72 Å². The van der Waals surface area contributed by atoms with Gasteiger partial charge in [0.05, 0.1) is 30.6 Å². The molecule has 1 N–H and O–H groups in total. The second kappa shape index (κ2) is 8.94. The van der Waals surface area contributed by atoms with E-state index in [0.717, 1.165) is 48.4 Å². The predicted molar refractivity (Wildman–Crippen MR) is 121 cm³/mol. The Morgan fingerprint density at radius 3 is 2.70 bits per heavy atom. The summed E-state index contributed by atoms with van der Waals surface area (Å²) in [6, 6.07) is 8.78. The number of hydrogen-bond acceptors (Lipinski definition) is 7. The van der Waals surface area contributed by atoms with Gasteiger partial charge in [-0.25, -0.2) is 9.50 Å². The standard InChI is InChI=1S/C22H26N6OS/c1-15(2)26-30-19-6-8-27(9-7-19)21-5-4-16(12-24-21)20-10-18(29-3)14-28-22(20)17(11-23)13-25-28/h4-5,10,12-15,19,26H,6-9H2,1-3H3. The van der Waals surface area contributed by atoms with E-state index < -0.39 is 0 Å². The van der Waals surface area contributed by atoms with Crippen LogP contribution in [-0.2, 0) is 0 Å². The highest BCUT2D eigenvalue weighted by molar-refractivity contribution is 7.98. The SMILES string of the molecule is COc1cc(-c2ccc(N3CCC(SNC(C)C)CC3)nc2)c2c(C#N)cnn2c1. The average Bonchev–Trinajstić information content (AvgIpc) is 3.20. The molecule has 4 rings (SSSR count). The van der Waals surface area contributed by atoms with Crippen LogP contribution in [0.4, 0.5) is 5.82 Å². The first-order valence-corrected chi connectivity index (χ1v) is 11.0. The molecule has 0 bridgehead atoms. The second-order valence-electron chi connectivity index (χ2n) is 7.74. The summed E-state index contributed by atoms with van der Waals surface area (Å²) in [5, 5.41) is 14.4. The molecule has 1 aliphatic heterocycles.